The summed E-state index contributed by atoms with van der Waals surface area (Å²) in [5.74, 6) is 0.789. The molecule has 2 nitrogen and oxygen atoms in total. The Morgan fingerprint density at radius 3 is 2.41 bits per heavy atom. The third kappa shape index (κ3) is 3.96. The van der Waals surface area contributed by atoms with Crippen molar-refractivity contribution in [2.45, 2.75) is 78.4 Å². The van der Waals surface area contributed by atoms with Crippen LogP contribution in [-0.4, -0.2) is 35.6 Å². The molecule has 1 saturated heterocycles. The summed E-state index contributed by atoms with van der Waals surface area (Å²) in [5.41, 5.74) is 0.345. The molecule has 1 aliphatic heterocycles. The molecule has 2 heteroatoms. The SMILES string of the molecule is CCC1CNC(CC(C)C)CN1C(C)(C)CC. The van der Waals surface area contributed by atoms with Gasteiger partial charge in [0.2, 0.25) is 0 Å². The van der Waals surface area contributed by atoms with Crippen LogP contribution in [0.2, 0.25) is 0 Å². The highest BCUT2D eigenvalue weighted by atomic mass is 15.3. The van der Waals surface area contributed by atoms with Crippen molar-refractivity contribution in [2.24, 2.45) is 5.92 Å². The summed E-state index contributed by atoms with van der Waals surface area (Å²) >= 11 is 0. The summed E-state index contributed by atoms with van der Waals surface area (Å²) in [4.78, 5) is 2.75. The Bertz CT molecular complexity index is 223. The lowest BCUT2D eigenvalue weighted by Crippen LogP contribution is -2.62. The molecule has 0 aromatic heterocycles. The molecule has 0 radical (unpaired) electrons. The largest absolute Gasteiger partial charge is 0.311 e. The van der Waals surface area contributed by atoms with Crippen LogP contribution in [0.4, 0.5) is 0 Å². The zero-order valence-electron chi connectivity index (χ0n) is 12.7. The monoisotopic (exact) mass is 240 g/mol. The van der Waals surface area contributed by atoms with Crippen molar-refractivity contribution in [2.75, 3.05) is 13.1 Å². The lowest BCUT2D eigenvalue weighted by atomic mass is 9.91. The maximum Gasteiger partial charge on any atom is 0.0224 e. The Morgan fingerprint density at radius 2 is 1.94 bits per heavy atom. The Kier molecular flexibility index (Phi) is 5.46. The van der Waals surface area contributed by atoms with Crippen LogP contribution in [0.15, 0.2) is 0 Å². The molecule has 0 aromatic rings. The fourth-order valence-electron chi connectivity index (χ4n) is 2.90. The molecule has 0 bridgehead atoms. The predicted molar refractivity (Wildman–Crippen MR) is 76.4 cm³/mol. The van der Waals surface area contributed by atoms with Crippen LogP contribution < -0.4 is 5.32 Å². The van der Waals surface area contributed by atoms with Crippen molar-refractivity contribution in [3.05, 3.63) is 0 Å². The molecule has 0 saturated carbocycles. The van der Waals surface area contributed by atoms with Gasteiger partial charge < -0.3 is 5.32 Å². The molecular formula is C15H32N2. The van der Waals surface area contributed by atoms with Gasteiger partial charge in [-0.05, 0) is 39.0 Å². The first kappa shape index (κ1) is 15.0. The average molecular weight is 240 g/mol. The highest BCUT2D eigenvalue weighted by molar-refractivity contribution is 4.93. The summed E-state index contributed by atoms with van der Waals surface area (Å²) < 4.78 is 0. The van der Waals surface area contributed by atoms with Gasteiger partial charge in [-0.25, -0.2) is 0 Å². The van der Waals surface area contributed by atoms with Gasteiger partial charge in [-0.2, -0.15) is 0 Å². The van der Waals surface area contributed by atoms with E-state index >= 15 is 0 Å². The first-order chi connectivity index (χ1) is 7.90. The minimum Gasteiger partial charge on any atom is -0.311 e. The minimum absolute atomic E-state index is 0.345. The van der Waals surface area contributed by atoms with Crippen LogP contribution in [0, 0.1) is 5.92 Å². The third-order valence-corrected chi connectivity index (χ3v) is 4.37. The van der Waals surface area contributed by atoms with Gasteiger partial charge in [0, 0.05) is 30.7 Å². The molecule has 0 aliphatic carbocycles. The lowest BCUT2D eigenvalue weighted by Gasteiger charge is -2.49. The van der Waals surface area contributed by atoms with Gasteiger partial charge in [0.15, 0.2) is 0 Å². The molecule has 2 unspecified atom stereocenters. The number of hydrogen-bond acceptors (Lipinski definition) is 2. The summed E-state index contributed by atoms with van der Waals surface area (Å²) in [7, 11) is 0. The molecule has 0 spiro atoms. The second kappa shape index (κ2) is 6.19. The molecule has 2 atom stereocenters. The zero-order chi connectivity index (χ0) is 13.1. The van der Waals surface area contributed by atoms with Crippen molar-refractivity contribution in [1.29, 1.82) is 0 Å². The molecule has 0 aromatic carbocycles. The van der Waals surface area contributed by atoms with Crippen LogP contribution in [0.5, 0.6) is 0 Å². The number of hydrogen-bond donors (Lipinski definition) is 1. The van der Waals surface area contributed by atoms with Crippen molar-refractivity contribution in [1.82, 2.24) is 10.2 Å². The number of piperazine rings is 1. The lowest BCUT2D eigenvalue weighted by molar-refractivity contribution is 0.0228. The molecule has 0 amide bonds. The van der Waals surface area contributed by atoms with Crippen LogP contribution in [0.3, 0.4) is 0 Å². The molecule has 1 fully saturated rings. The molecule has 102 valence electrons. The molecule has 1 aliphatic rings. The zero-order valence-corrected chi connectivity index (χ0v) is 12.7. The van der Waals surface area contributed by atoms with Gasteiger partial charge in [0.25, 0.3) is 0 Å². The standard InChI is InChI=1S/C15H32N2/c1-7-14-10-16-13(9-12(3)4)11-17(14)15(5,6)8-2/h12-14,16H,7-11H2,1-6H3. The van der Waals surface area contributed by atoms with Crippen molar-refractivity contribution >= 4 is 0 Å². The number of nitrogens with zero attached hydrogens (tertiary/aromatic N) is 1. The fraction of sp³-hybridized carbons (Fsp3) is 1.00. The van der Waals surface area contributed by atoms with E-state index in [-0.39, 0.29) is 0 Å². The van der Waals surface area contributed by atoms with Crippen LogP contribution >= 0.6 is 0 Å². The minimum atomic E-state index is 0.345. The van der Waals surface area contributed by atoms with Crippen LogP contribution in [0.1, 0.15) is 60.8 Å². The van der Waals surface area contributed by atoms with E-state index in [2.05, 4.69) is 51.8 Å². The molecule has 17 heavy (non-hydrogen) atoms. The Balaban J connectivity index is 2.68. The third-order valence-electron chi connectivity index (χ3n) is 4.37. The molecule has 1 N–H and O–H groups in total. The number of nitrogens with one attached hydrogen (secondary N) is 1. The van der Waals surface area contributed by atoms with E-state index < -0.39 is 0 Å². The quantitative estimate of drug-likeness (QED) is 0.793. The molecule has 1 heterocycles. The predicted octanol–water partition coefficient (Wildman–Crippen LogP) is 3.27. The maximum atomic E-state index is 3.74. The van der Waals surface area contributed by atoms with E-state index in [1.54, 1.807) is 0 Å². The Morgan fingerprint density at radius 1 is 1.29 bits per heavy atom. The molecular weight excluding hydrogens is 208 g/mol. The van der Waals surface area contributed by atoms with E-state index in [0.29, 0.717) is 17.6 Å². The van der Waals surface area contributed by atoms with E-state index in [0.717, 1.165) is 12.5 Å². The van der Waals surface area contributed by atoms with Gasteiger partial charge in [-0.3, -0.25) is 4.90 Å². The Hall–Kier alpha value is -0.0800. The van der Waals surface area contributed by atoms with Crippen LogP contribution in [-0.2, 0) is 0 Å². The fourth-order valence-corrected chi connectivity index (χ4v) is 2.90. The van der Waals surface area contributed by atoms with Gasteiger partial charge in [0.05, 0.1) is 0 Å². The molecule has 1 rings (SSSR count). The smallest absolute Gasteiger partial charge is 0.0224 e. The summed E-state index contributed by atoms with van der Waals surface area (Å²) in [5, 5.41) is 3.74. The van der Waals surface area contributed by atoms with Gasteiger partial charge in [-0.1, -0.05) is 27.7 Å². The van der Waals surface area contributed by atoms with E-state index in [1.807, 2.05) is 0 Å². The Labute approximate surface area is 108 Å². The van der Waals surface area contributed by atoms with Crippen LogP contribution in [0.25, 0.3) is 0 Å². The van der Waals surface area contributed by atoms with E-state index in [1.165, 1.54) is 25.8 Å². The van der Waals surface area contributed by atoms with Gasteiger partial charge in [0.1, 0.15) is 0 Å². The normalized spacial score (nSPS) is 27.7. The second-order valence-corrected chi connectivity index (χ2v) is 6.62. The van der Waals surface area contributed by atoms with Crippen molar-refractivity contribution in [3.63, 3.8) is 0 Å². The van der Waals surface area contributed by atoms with Crippen molar-refractivity contribution < 1.29 is 0 Å². The highest BCUT2D eigenvalue weighted by Crippen LogP contribution is 2.26. The van der Waals surface area contributed by atoms with Crippen molar-refractivity contribution in [3.8, 4) is 0 Å². The van der Waals surface area contributed by atoms with Gasteiger partial charge in [-0.15, -0.1) is 0 Å². The first-order valence-electron chi connectivity index (χ1n) is 7.40. The average Bonchev–Trinajstić information content (AvgIpc) is 2.28. The number of rotatable bonds is 5. The summed E-state index contributed by atoms with van der Waals surface area (Å²) in [6.45, 7) is 16.4. The highest BCUT2D eigenvalue weighted by Gasteiger charge is 2.35. The first-order valence-corrected chi connectivity index (χ1v) is 7.40. The van der Waals surface area contributed by atoms with Gasteiger partial charge >= 0.3 is 0 Å². The summed E-state index contributed by atoms with van der Waals surface area (Å²) in [6, 6.07) is 1.40. The summed E-state index contributed by atoms with van der Waals surface area (Å²) in [6.07, 6.45) is 3.79. The van der Waals surface area contributed by atoms with E-state index in [9.17, 15) is 0 Å². The topological polar surface area (TPSA) is 15.3 Å². The maximum absolute atomic E-state index is 3.74. The second-order valence-electron chi connectivity index (χ2n) is 6.62. The van der Waals surface area contributed by atoms with E-state index in [4.69, 9.17) is 0 Å².